The molecule has 0 heterocycles. The zero-order valence-corrected chi connectivity index (χ0v) is 12.0. The summed E-state index contributed by atoms with van der Waals surface area (Å²) in [6, 6.07) is 4.69. The van der Waals surface area contributed by atoms with Gasteiger partial charge in [0.1, 0.15) is 11.6 Å². The van der Waals surface area contributed by atoms with Crippen LogP contribution in [0.5, 0.6) is 0 Å². The summed E-state index contributed by atoms with van der Waals surface area (Å²) >= 11 is 0. The molecule has 0 radical (unpaired) electrons. The first-order chi connectivity index (χ1) is 7.94. The maximum Gasteiger partial charge on any atom is 0.346 e. The molecule has 0 aliphatic rings. The van der Waals surface area contributed by atoms with Crippen molar-refractivity contribution in [1.29, 1.82) is 5.26 Å². The largest absolute Gasteiger partial charge is 0.477 e. The Labute approximate surface area is 104 Å². The number of nitrogens with zero attached hydrogens (tertiary/aromatic N) is 1. The Morgan fingerprint density at radius 2 is 1.88 bits per heavy atom. The van der Waals surface area contributed by atoms with E-state index in [1.165, 1.54) is 6.08 Å². The molecule has 1 N–H and O–H groups in total. The van der Waals surface area contributed by atoms with Crippen molar-refractivity contribution in [3.05, 3.63) is 11.6 Å². The smallest absolute Gasteiger partial charge is 0.346 e. The SMILES string of the molecule is CC[Si](CC)(CC)OC(C)C=C(C#N)C(=O)O. The van der Waals surface area contributed by atoms with Crippen LogP contribution < -0.4 is 0 Å². The first-order valence-corrected chi connectivity index (χ1v) is 8.50. The van der Waals surface area contributed by atoms with Crippen LogP contribution in [0.2, 0.25) is 18.1 Å². The minimum absolute atomic E-state index is 0.247. The number of hydrogen-bond donors (Lipinski definition) is 1. The molecule has 0 aliphatic carbocycles. The molecule has 0 amide bonds. The third-order valence-corrected chi connectivity index (χ3v) is 7.86. The van der Waals surface area contributed by atoms with Gasteiger partial charge in [-0.2, -0.15) is 5.26 Å². The van der Waals surface area contributed by atoms with Crippen molar-refractivity contribution in [2.45, 2.75) is 51.9 Å². The van der Waals surface area contributed by atoms with Crippen molar-refractivity contribution in [3.8, 4) is 6.07 Å². The number of carboxylic acid groups (broad SMARTS) is 1. The highest BCUT2D eigenvalue weighted by Gasteiger charge is 2.30. The average Bonchev–Trinajstić information content (AvgIpc) is 2.32. The minimum Gasteiger partial charge on any atom is -0.477 e. The highest BCUT2D eigenvalue weighted by atomic mass is 28.4. The molecule has 0 aromatic carbocycles. The molecule has 0 aromatic rings. The van der Waals surface area contributed by atoms with Gasteiger partial charge in [-0.25, -0.2) is 4.79 Å². The molecular weight excluding hydrogens is 234 g/mol. The summed E-state index contributed by atoms with van der Waals surface area (Å²) in [7, 11) is -1.74. The fraction of sp³-hybridized carbons (Fsp3) is 0.667. The molecule has 17 heavy (non-hydrogen) atoms. The molecule has 1 unspecified atom stereocenters. The van der Waals surface area contributed by atoms with E-state index < -0.39 is 14.3 Å². The number of nitriles is 1. The molecule has 0 fully saturated rings. The van der Waals surface area contributed by atoms with Crippen molar-refractivity contribution < 1.29 is 14.3 Å². The van der Waals surface area contributed by atoms with Crippen molar-refractivity contribution in [2.75, 3.05) is 0 Å². The summed E-state index contributed by atoms with van der Waals surface area (Å²) < 4.78 is 6.02. The van der Waals surface area contributed by atoms with E-state index in [0.717, 1.165) is 18.1 Å². The normalized spacial score (nSPS) is 14.2. The van der Waals surface area contributed by atoms with Gasteiger partial charge in [-0.3, -0.25) is 0 Å². The van der Waals surface area contributed by atoms with Crippen LogP contribution >= 0.6 is 0 Å². The van der Waals surface area contributed by atoms with E-state index in [0.29, 0.717) is 0 Å². The summed E-state index contributed by atoms with van der Waals surface area (Å²) in [6.45, 7) is 8.12. The Kier molecular flexibility index (Phi) is 6.77. The lowest BCUT2D eigenvalue weighted by atomic mass is 10.2. The van der Waals surface area contributed by atoms with E-state index in [1.807, 2.05) is 0 Å². The molecule has 4 nitrogen and oxygen atoms in total. The van der Waals surface area contributed by atoms with E-state index in [9.17, 15) is 4.79 Å². The van der Waals surface area contributed by atoms with Gasteiger partial charge in [0, 0.05) is 0 Å². The third kappa shape index (κ3) is 4.71. The molecule has 1 atom stereocenters. The molecule has 0 spiro atoms. The maximum atomic E-state index is 10.7. The van der Waals surface area contributed by atoms with Crippen LogP contribution in [0.1, 0.15) is 27.7 Å². The monoisotopic (exact) mass is 255 g/mol. The molecule has 0 saturated carbocycles. The Balaban J connectivity index is 4.80. The predicted octanol–water partition coefficient (Wildman–Crippen LogP) is 2.93. The van der Waals surface area contributed by atoms with E-state index >= 15 is 0 Å². The van der Waals surface area contributed by atoms with Gasteiger partial charge in [-0.1, -0.05) is 20.8 Å². The number of rotatable bonds is 7. The van der Waals surface area contributed by atoms with Crippen LogP contribution in [0.4, 0.5) is 0 Å². The van der Waals surface area contributed by atoms with Gasteiger partial charge < -0.3 is 9.53 Å². The van der Waals surface area contributed by atoms with Crippen LogP contribution in [0, 0.1) is 11.3 Å². The van der Waals surface area contributed by atoms with Crippen LogP contribution in [0.25, 0.3) is 0 Å². The number of carbonyl (C=O) groups is 1. The lowest BCUT2D eigenvalue weighted by Crippen LogP contribution is -2.38. The molecule has 5 heteroatoms. The zero-order valence-electron chi connectivity index (χ0n) is 11.0. The van der Waals surface area contributed by atoms with E-state index in [2.05, 4.69) is 20.8 Å². The topological polar surface area (TPSA) is 70.3 Å². The summed E-state index contributed by atoms with van der Waals surface area (Å²) in [4.78, 5) is 10.7. The van der Waals surface area contributed by atoms with Crippen molar-refractivity contribution in [3.63, 3.8) is 0 Å². The Morgan fingerprint density at radius 1 is 1.41 bits per heavy atom. The van der Waals surface area contributed by atoms with Crippen molar-refractivity contribution in [1.82, 2.24) is 0 Å². The van der Waals surface area contributed by atoms with Crippen LogP contribution in [0.3, 0.4) is 0 Å². The summed E-state index contributed by atoms with van der Waals surface area (Å²) in [6.07, 6.45) is 1.08. The second kappa shape index (κ2) is 7.25. The second-order valence-electron chi connectivity index (χ2n) is 4.06. The Morgan fingerprint density at radius 3 is 2.18 bits per heavy atom. The van der Waals surface area contributed by atoms with Gasteiger partial charge >= 0.3 is 5.97 Å². The molecule has 0 bridgehead atoms. The standard InChI is InChI=1S/C12H21NO3Si/c1-5-17(6-2,7-3)16-10(4)8-11(9-13)12(14)15/h8,10H,5-7H2,1-4H3,(H,14,15). The first-order valence-electron chi connectivity index (χ1n) is 5.97. The number of hydrogen-bond acceptors (Lipinski definition) is 3. The fourth-order valence-electron chi connectivity index (χ4n) is 1.82. The molecule has 0 saturated heterocycles. The van der Waals surface area contributed by atoms with Crippen molar-refractivity contribution in [2.24, 2.45) is 0 Å². The van der Waals surface area contributed by atoms with Gasteiger partial charge in [-0.15, -0.1) is 0 Å². The quantitative estimate of drug-likeness (QED) is 0.431. The van der Waals surface area contributed by atoms with Crippen LogP contribution in [0.15, 0.2) is 11.6 Å². The summed E-state index contributed by atoms with van der Waals surface area (Å²) in [5.41, 5.74) is -0.247. The third-order valence-electron chi connectivity index (χ3n) is 3.12. The molecular formula is C12H21NO3Si. The van der Waals surface area contributed by atoms with E-state index in [4.69, 9.17) is 14.8 Å². The Hall–Kier alpha value is -1.12. The Bertz CT molecular complexity index is 321. The lowest BCUT2D eigenvalue weighted by Gasteiger charge is -2.30. The average molecular weight is 255 g/mol. The van der Waals surface area contributed by atoms with Gasteiger partial charge in [0.05, 0.1) is 6.10 Å². The van der Waals surface area contributed by atoms with Gasteiger partial charge in [0.15, 0.2) is 8.32 Å². The van der Waals surface area contributed by atoms with Crippen LogP contribution in [-0.2, 0) is 9.22 Å². The highest BCUT2D eigenvalue weighted by Crippen LogP contribution is 2.23. The molecule has 0 aromatic heterocycles. The zero-order chi connectivity index (χ0) is 13.5. The predicted molar refractivity (Wildman–Crippen MR) is 69.1 cm³/mol. The summed E-state index contributed by atoms with van der Waals surface area (Å²) in [5.74, 6) is -1.19. The molecule has 96 valence electrons. The summed E-state index contributed by atoms with van der Waals surface area (Å²) in [5, 5.41) is 17.4. The van der Waals surface area contributed by atoms with Gasteiger partial charge in [-0.05, 0) is 31.1 Å². The van der Waals surface area contributed by atoms with Gasteiger partial charge in [0.2, 0.25) is 0 Å². The van der Waals surface area contributed by atoms with Crippen molar-refractivity contribution >= 4 is 14.3 Å². The highest BCUT2D eigenvalue weighted by molar-refractivity contribution is 6.73. The minimum atomic E-state index is -1.74. The van der Waals surface area contributed by atoms with E-state index in [1.54, 1.807) is 13.0 Å². The molecule has 0 rings (SSSR count). The van der Waals surface area contributed by atoms with Gasteiger partial charge in [0.25, 0.3) is 0 Å². The van der Waals surface area contributed by atoms with Crippen LogP contribution in [-0.4, -0.2) is 25.5 Å². The number of carboxylic acids is 1. The maximum absolute atomic E-state index is 10.7. The first kappa shape index (κ1) is 15.9. The number of aliphatic carboxylic acids is 1. The second-order valence-corrected chi connectivity index (χ2v) is 8.79. The van der Waals surface area contributed by atoms with E-state index in [-0.39, 0.29) is 11.7 Å². The lowest BCUT2D eigenvalue weighted by molar-refractivity contribution is -0.132. The fourth-order valence-corrected chi connectivity index (χ4v) is 4.68. The molecule has 0 aliphatic heterocycles.